The van der Waals surface area contributed by atoms with Gasteiger partial charge in [-0.3, -0.25) is 9.59 Å². The summed E-state index contributed by atoms with van der Waals surface area (Å²) in [6, 6.07) is 17.6. The predicted molar refractivity (Wildman–Crippen MR) is 187 cm³/mol. The summed E-state index contributed by atoms with van der Waals surface area (Å²) >= 11 is 0. The number of Topliss-reactive ketones (excluding diaryl/α,β-unsaturated/α-hetero) is 1. The van der Waals surface area contributed by atoms with Gasteiger partial charge in [-0.2, -0.15) is 0 Å². The van der Waals surface area contributed by atoms with Crippen molar-refractivity contribution < 1.29 is 32.9 Å². The first kappa shape index (κ1) is 35.8. The van der Waals surface area contributed by atoms with Crippen LogP contribution >= 0.6 is 0 Å². The summed E-state index contributed by atoms with van der Waals surface area (Å²) in [5.41, 5.74) is 3.14. The maximum atomic E-state index is 13.9. The molecule has 0 radical (unpaired) electrons. The number of imidazole rings is 1. The molecule has 1 saturated heterocycles. The topological polar surface area (TPSA) is 95.4 Å². The number of likely N-dealkylation sites (tertiary alicyclic amines) is 1. The number of amides is 1. The monoisotopic (exact) mass is 674 g/mol. The summed E-state index contributed by atoms with van der Waals surface area (Å²) in [5, 5.41) is 0. The van der Waals surface area contributed by atoms with Gasteiger partial charge in [-0.1, -0.05) is 24.3 Å². The number of para-hydroxylation sites is 2. The molecule has 1 atom stereocenters. The van der Waals surface area contributed by atoms with Crippen LogP contribution in [0.2, 0.25) is 0 Å². The number of hydrogen-bond donors (Lipinski definition) is 0. The molecule has 1 aliphatic heterocycles. The van der Waals surface area contributed by atoms with Gasteiger partial charge < -0.3 is 33.3 Å². The van der Waals surface area contributed by atoms with Crippen LogP contribution in [0.3, 0.4) is 0 Å². The van der Waals surface area contributed by atoms with Crippen LogP contribution in [0.1, 0.15) is 58.6 Å². The minimum atomic E-state index is -0.303. The van der Waals surface area contributed by atoms with Crippen LogP contribution in [0.25, 0.3) is 11.0 Å². The first-order chi connectivity index (χ1) is 23.8. The average Bonchev–Trinajstić information content (AvgIpc) is 3.51. The molecule has 3 aromatic carbocycles. The van der Waals surface area contributed by atoms with Crippen molar-refractivity contribution in [2.24, 2.45) is 5.92 Å². The van der Waals surface area contributed by atoms with E-state index in [1.54, 1.807) is 36.2 Å². The summed E-state index contributed by atoms with van der Waals surface area (Å²) in [7, 11) is 6.31. The molecule has 1 aliphatic rings. The summed E-state index contributed by atoms with van der Waals surface area (Å²) in [5.74, 6) is 1.17. The zero-order valence-electron chi connectivity index (χ0n) is 29.1. The smallest absolute Gasteiger partial charge is 0.253 e. The molecule has 2 heterocycles. The van der Waals surface area contributed by atoms with E-state index < -0.39 is 0 Å². The van der Waals surface area contributed by atoms with Gasteiger partial charge >= 0.3 is 0 Å². The Morgan fingerprint density at radius 2 is 1.63 bits per heavy atom. The fraction of sp³-hybridized carbons (Fsp3) is 0.447. The Morgan fingerprint density at radius 3 is 2.27 bits per heavy atom. The van der Waals surface area contributed by atoms with Crippen molar-refractivity contribution in [2.75, 3.05) is 67.8 Å². The van der Waals surface area contributed by atoms with Gasteiger partial charge in [0, 0.05) is 44.1 Å². The largest absolute Gasteiger partial charge is 0.493 e. The molecule has 1 fully saturated rings. The highest BCUT2D eigenvalue weighted by Crippen LogP contribution is 2.38. The molecule has 11 heteroatoms. The van der Waals surface area contributed by atoms with Crippen LogP contribution in [-0.2, 0) is 11.3 Å². The number of methoxy groups -OCH3 is 3. The fourth-order valence-electron chi connectivity index (χ4n) is 6.67. The van der Waals surface area contributed by atoms with Crippen molar-refractivity contribution in [1.82, 2.24) is 19.4 Å². The molecule has 10 nitrogen and oxygen atoms in total. The molecule has 0 spiro atoms. The molecule has 0 saturated carbocycles. The maximum absolute atomic E-state index is 13.9. The van der Waals surface area contributed by atoms with Crippen LogP contribution in [0.4, 0.5) is 4.39 Å². The van der Waals surface area contributed by atoms with Crippen molar-refractivity contribution in [3.63, 3.8) is 0 Å². The lowest BCUT2D eigenvalue weighted by Crippen LogP contribution is -2.39. The lowest BCUT2D eigenvalue weighted by molar-refractivity contribution is 0.0778. The van der Waals surface area contributed by atoms with Gasteiger partial charge in [0.2, 0.25) is 11.5 Å². The second kappa shape index (κ2) is 16.8. The molecular weight excluding hydrogens is 627 g/mol. The Hall–Kier alpha value is -4.48. The molecular formula is C38H47FN4O6. The number of ether oxygens (including phenoxy) is 4. The van der Waals surface area contributed by atoms with Crippen molar-refractivity contribution >= 4 is 22.7 Å². The molecule has 49 heavy (non-hydrogen) atoms. The third kappa shape index (κ3) is 8.40. The minimum absolute atomic E-state index is 0.0406. The minimum Gasteiger partial charge on any atom is -0.493 e. The number of aromatic nitrogens is 2. The first-order valence-electron chi connectivity index (χ1n) is 16.9. The van der Waals surface area contributed by atoms with Gasteiger partial charge in [0.25, 0.3) is 5.91 Å². The van der Waals surface area contributed by atoms with Crippen LogP contribution in [0.5, 0.6) is 17.2 Å². The maximum Gasteiger partial charge on any atom is 0.253 e. The number of ketones is 1. The zero-order valence-corrected chi connectivity index (χ0v) is 29.1. The quantitative estimate of drug-likeness (QED) is 0.104. The molecule has 0 N–H and O–H groups in total. The normalized spacial score (nSPS) is 14.5. The highest BCUT2D eigenvalue weighted by atomic mass is 19.1. The van der Waals surface area contributed by atoms with Gasteiger partial charge in [0.15, 0.2) is 17.3 Å². The molecule has 0 bridgehead atoms. The number of benzene rings is 3. The van der Waals surface area contributed by atoms with Crippen LogP contribution in [0, 0.1) is 11.7 Å². The van der Waals surface area contributed by atoms with Gasteiger partial charge in [0.05, 0.1) is 39.0 Å². The second-order valence-corrected chi connectivity index (χ2v) is 12.4. The Morgan fingerprint density at radius 1 is 0.959 bits per heavy atom. The zero-order chi connectivity index (χ0) is 34.9. The Bertz CT molecular complexity index is 1690. The number of halogens is 1. The van der Waals surface area contributed by atoms with Gasteiger partial charge in [-0.15, -0.1) is 0 Å². The van der Waals surface area contributed by atoms with E-state index in [1.165, 1.54) is 33.5 Å². The molecule has 0 aliphatic carbocycles. The number of hydrogen-bond acceptors (Lipinski definition) is 8. The lowest BCUT2D eigenvalue weighted by Gasteiger charge is -2.33. The van der Waals surface area contributed by atoms with E-state index in [0.29, 0.717) is 54.9 Å². The molecule has 1 amide bonds. The van der Waals surface area contributed by atoms with E-state index >= 15 is 0 Å². The predicted octanol–water partition coefficient (Wildman–Crippen LogP) is 6.08. The standard InChI is InChI=1S/C38H47FN4O6/c1-6-49-22-21-43-32-10-8-7-9-31(32)40-37(43)35(44)27-15-18-42(19-16-27)20-17-28(26-11-13-30(39)14-12-26)25-41(2)38(45)29-23-33(46-3)36(48-5)34(24-29)47-4/h7-14,23-24,27-28H,6,15-22,25H2,1-5H3. The number of likely N-dealkylation sites (N-methyl/N-ethyl adjacent to an activating group) is 1. The number of nitrogens with zero attached hydrogens (tertiary/aromatic N) is 4. The molecule has 1 unspecified atom stereocenters. The van der Waals surface area contributed by atoms with Crippen LogP contribution in [0.15, 0.2) is 60.7 Å². The number of fused-ring (bicyclic) bond motifs is 1. The van der Waals surface area contributed by atoms with Crippen LogP contribution < -0.4 is 14.2 Å². The van der Waals surface area contributed by atoms with E-state index in [1.807, 2.05) is 35.8 Å². The second-order valence-electron chi connectivity index (χ2n) is 12.4. The Balaban J connectivity index is 1.24. The third-order valence-corrected chi connectivity index (χ3v) is 9.38. The molecule has 5 rings (SSSR count). The fourth-order valence-corrected chi connectivity index (χ4v) is 6.67. The SMILES string of the molecule is CCOCCn1c(C(=O)C2CCN(CCC(CN(C)C(=O)c3cc(OC)c(OC)c(OC)c3)c3ccc(F)cc3)CC2)nc2ccccc21. The van der Waals surface area contributed by atoms with Crippen molar-refractivity contribution in [3.8, 4) is 17.2 Å². The van der Waals surface area contributed by atoms with E-state index in [4.69, 9.17) is 23.9 Å². The van der Waals surface area contributed by atoms with E-state index in [9.17, 15) is 14.0 Å². The highest BCUT2D eigenvalue weighted by Gasteiger charge is 2.30. The van der Waals surface area contributed by atoms with Gasteiger partial charge in [-0.25, -0.2) is 9.37 Å². The third-order valence-electron chi connectivity index (χ3n) is 9.38. The van der Waals surface area contributed by atoms with E-state index in [0.717, 1.165) is 55.5 Å². The number of rotatable bonds is 16. The summed E-state index contributed by atoms with van der Waals surface area (Å²) < 4.78 is 37.8. The van der Waals surface area contributed by atoms with Gasteiger partial charge in [0.1, 0.15) is 5.82 Å². The highest BCUT2D eigenvalue weighted by molar-refractivity contribution is 5.98. The lowest BCUT2D eigenvalue weighted by atomic mass is 9.90. The first-order valence-corrected chi connectivity index (χ1v) is 16.9. The molecule has 262 valence electrons. The Labute approximate surface area is 287 Å². The summed E-state index contributed by atoms with van der Waals surface area (Å²) in [6.45, 7) is 6.46. The number of carbonyl (C=O) groups excluding carboxylic acids is 2. The Kier molecular flexibility index (Phi) is 12.2. The number of piperidine rings is 1. The van der Waals surface area contributed by atoms with E-state index in [-0.39, 0.29) is 29.3 Å². The summed E-state index contributed by atoms with van der Waals surface area (Å²) in [4.78, 5) is 36.2. The average molecular weight is 675 g/mol. The van der Waals surface area contributed by atoms with Crippen LogP contribution in [-0.4, -0.2) is 98.8 Å². The number of carbonyl (C=O) groups is 2. The van der Waals surface area contributed by atoms with Crippen molar-refractivity contribution in [1.29, 1.82) is 0 Å². The molecule has 1 aromatic heterocycles. The van der Waals surface area contributed by atoms with E-state index in [2.05, 4.69) is 4.90 Å². The van der Waals surface area contributed by atoms with Gasteiger partial charge in [-0.05, 0) is 87.8 Å². The summed E-state index contributed by atoms with van der Waals surface area (Å²) in [6.07, 6.45) is 2.24. The molecule has 4 aromatic rings. The van der Waals surface area contributed by atoms with Crippen molar-refractivity contribution in [2.45, 2.75) is 38.6 Å². The van der Waals surface area contributed by atoms with Crippen molar-refractivity contribution in [3.05, 3.63) is 83.4 Å².